The number of aromatic nitrogens is 1. The molecule has 0 aliphatic heterocycles. The van der Waals surface area contributed by atoms with Gasteiger partial charge in [0.1, 0.15) is 0 Å². The molecule has 0 spiro atoms. The second kappa shape index (κ2) is 5.08. The molecule has 1 aromatic rings. The lowest BCUT2D eigenvalue weighted by atomic mass is 9.86. The van der Waals surface area contributed by atoms with E-state index >= 15 is 0 Å². The van der Waals surface area contributed by atoms with Crippen LogP contribution in [0.3, 0.4) is 0 Å². The molecule has 1 fully saturated rings. The Morgan fingerprint density at radius 3 is 3.00 bits per heavy atom. The van der Waals surface area contributed by atoms with Gasteiger partial charge in [0, 0.05) is 23.0 Å². The molecule has 0 saturated heterocycles. The smallest absolute Gasteiger partial charge is 0.0959 e. The van der Waals surface area contributed by atoms with Gasteiger partial charge >= 0.3 is 0 Å². The highest BCUT2D eigenvalue weighted by Crippen LogP contribution is 2.39. The first kappa shape index (κ1) is 11.1. The van der Waals surface area contributed by atoms with E-state index in [1.807, 2.05) is 11.3 Å². The van der Waals surface area contributed by atoms with Crippen molar-refractivity contribution >= 4 is 11.3 Å². The quantitative estimate of drug-likeness (QED) is 0.828. The molecule has 1 unspecified atom stereocenters. The summed E-state index contributed by atoms with van der Waals surface area (Å²) in [5, 5.41) is 4.87. The molecule has 0 aromatic carbocycles. The molecule has 2 rings (SSSR count). The monoisotopic (exact) mass is 224 g/mol. The van der Waals surface area contributed by atoms with Crippen LogP contribution < -0.4 is 5.32 Å². The van der Waals surface area contributed by atoms with Crippen LogP contribution in [0.15, 0.2) is 6.20 Å². The molecule has 1 aromatic heterocycles. The summed E-state index contributed by atoms with van der Waals surface area (Å²) in [6.07, 6.45) is 7.35. The van der Waals surface area contributed by atoms with Gasteiger partial charge in [-0.15, -0.1) is 11.3 Å². The number of nitrogens with zero attached hydrogens (tertiary/aromatic N) is 1. The highest BCUT2D eigenvalue weighted by atomic mass is 32.1. The van der Waals surface area contributed by atoms with E-state index in [0.29, 0.717) is 6.04 Å². The fourth-order valence-electron chi connectivity index (χ4n) is 1.81. The van der Waals surface area contributed by atoms with Crippen LogP contribution in [0.5, 0.6) is 0 Å². The number of rotatable bonds is 5. The van der Waals surface area contributed by atoms with Gasteiger partial charge in [-0.1, -0.05) is 13.3 Å². The third kappa shape index (κ3) is 2.58. The highest BCUT2D eigenvalue weighted by molar-refractivity contribution is 7.11. The van der Waals surface area contributed by atoms with Crippen LogP contribution in [0.2, 0.25) is 0 Å². The molecule has 1 saturated carbocycles. The summed E-state index contributed by atoms with van der Waals surface area (Å²) in [7, 11) is 0. The second-order valence-electron chi connectivity index (χ2n) is 4.40. The first-order chi connectivity index (χ1) is 7.31. The van der Waals surface area contributed by atoms with E-state index in [9.17, 15) is 0 Å². The van der Waals surface area contributed by atoms with Crippen LogP contribution in [0.4, 0.5) is 0 Å². The molecular weight excluding hydrogens is 204 g/mol. The Morgan fingerprint density at radius 2 is 2.40 bits per heavy atom. The fourth-order valence-corrected chi connectivity index (χ4v) is 2.92. The van der Waals surface area contributed by atoms with Crippen molar-refractivity contribution in [1.29, 1.82) is 0 Å². The van der Waals surface area contributed by atoms with E-state index in [2.05, 4.69) is 30.3 Å². The number of thiazole rings is 1. The molecule has 1 atom stereocenters. The molecule has 1 aliphatic carbocycles. The van der Waals surface area contributed by atoms with Crippen molar-refractivity contribution in [2.45, 2.75) is 51.5 Å². The largest absolute Gasteiger partial charge is 0.309 e. The van der Waals surface area contributed by atoms with Gasteiger partial charge in [0.2, 0.25) is 0 Å². The number of hydrogen-bond acceptors (Lipinski definition) is 3. The van der Waals surface area contributed by atoms with Crippen molar-refractivity contribution in [2.75, 3.05) is 6.54 Å². The molecular formula is C12H20N2S. The zero-order chi connectivity index (χ0) is 10.7. The van der Waals surface area contributed by atoms with Crippen LogP contribution in [-0.2, 0) is 0 Å². The predicted molar refractivity (Wildman–Crippen MR) is 65.4 cm³/mol. The van der Waals surface area contributed by atoms with Crippen molar-refractivity contribution in [3.05, 3.63) is 16.1 Å². The van der Waals surface area contributed by atoms with Gasteiger partial charge in [0.15, 0.2) is 0 Å². The standard InChI is InChI=1S/C12H20N2S/c1-3-7-13-9(2)11-8-14-12(15-11)10-5-4-6-10/h8-10,13H,3-7H2,1-2H3. The first-order valence-electron chi connectivity index (χ1n) is 6.00. The third-order valence-electron chi connectivity index (χ3n) is 3.12. The normalized spacial score (nSPS) is 18.8. The van der Waals surface area contributed by atoms with Crippen molar-refractivity contribution in [1.82, 2.24) is 10.3 Å². The van der Waals surface area contributed by atoms with E-state index in [1.165, 1.54) is 35.6 Å². The van der Waals surface area contributed by atoms with Crippen molar-refractivity contribution < 1.29 is 0 Å². The first-order valence-corrected chi connectivity index (χ1v) is 6.82. The van der Waals surface area contributed by atoms with E-state index in [1.54, 1.807) is 0 Å². The van der Waals surface area contributed by atoms with Crippen LogP contribution >= 0.6 is 11.3 Å². The molecule has 2 nitrogen and oxygen atoms in total. The van der Waals surface area contributed by atoms with Crippen molar-refractivity contribution in [2.24, 2.45) is 0 Å². The van der Waals surface area contributed by atoms with Crippen LogP contribution in [0.1, 0.15) is 61.4 Å². The van der Waals surface area contributed by atoms with E-state index < -0.39 is 0 Å². The maximum atomic E-state index is 4.55. The molecule has 0 amide bonds. The minimum atomic E-state index is 0.469. The average molecular weight is 224 g/mol. The summed E-state index contributed by atoms with van der Waals surface area (Å²) in [6.45, 7) is 5.53. The molecule has 84 valence electrons. The Balaban J connectivity index is 1.93. The Kier molecular flexibility index (Phi) is 3.76. The lowest BCUT2D eigenvalue weighted by molar-refractivity contribution is 0.418. The molecule has 1 aliphatic rings. The maximum Gasteiger partial charge on any atom is 0.0959 e. The Labute approximate surface area is 96.1 Å². The zero-order valence-electron chi connectivity index (χ0n) is 9.62. The van der Waals surface area contributed by atoms with Crippen molar-refractivity contribution in [3.8, 4) is 0 Å². The maximum absolute atomic E-state index is 4.55. The summed E-state index contributed by atoms with van der Waals surface area (Å²) < 4.78 is 0. The fraction of sp³-hybridized carbons (Fsp3) is 0.750. The van der Waals surface area contributed by atoms with Gasteiger partial charge in [0.05, 0.1) is 5.01 Å². The number of hydrogen-bond donors (Lipinski definition) is 1. The SMILES string of the molecule is CCCNC(C)c1cnc(C2CCC2)s1. The van der Waals surface area contributed by atoms with E-state index in [0.717, 1.165) is 12.5 Å². The average Bonchev–Trinajstić information content (AvgIpc) is 2.60. The minimum Gasteiger partial charge on any atom is -0.309 e. The van der Waals surface area contributed by atoms with Crippen LogP contribution in [-0.4, -0.2) is 11.5 Å². The molecule has 0 bridgehead atoms. The van der Waals surface area contributed by atoms with Gasteiger partial charge < -0.3 is 5.32 Å². The molecule has 15 heavy (non-hydrogen) atoms. The lowest BCUT2D eigenvalue weighted by Gasteiger charge is -2.22. The summed E-state index contributed by atoms with van der Waals surface area (Å²) in [5.74, 6) is 0.780. The summed E-state index contributed by atoms with van der Waals surface area (Å²) in [6, 6.07) is 0.469. The third-order valence-corrected chi connectivity index (χ3v) is 4.47. The number of nitrogens with one attached hydrogen (secondary N) is 1. The summed E-state index contributed by atoms with van der Waals surface area (Å²) in [4.78, 5) is 5.94. The summed E-state index contributed by atoms with van der Waals surface area (Å²) >= 11 is 1.90. The molecule has 0 radical (unpaired) electrons. The van der Waals surface area contributed by atoms with Gasteiger partial charge in [-0.2, -0.15) is 0 Å². The molecule has 1 N–H and O–H groups in total. The van der Waals surface area contributed by atoms with E-state index in [-0.39, 0.29) is 0 Å². The van der Waals surface area contributed by atoms with Gasteiger partial charge in [-0.05, 0) is 32.7 Å². The minimum absolute atomic E-state index is 0.469. The van der Waals surface area contributed by atoms with Crippen LogP contribution in [0.25, 0.3) is 0 Å². The van der Waals surface area contributed by atoms with Gasteiger partial charge in [0.25, 0.3) is 0 Å². The Morgan fingerprint density at radius 1 is 1.60 bits per heavy atom. The lowest BCUT2D eigenvalue weighted by Crippen LogP contribution is -2.18. The summed E-state index contributed by atoms with van der Waals surface area (Å²) in [5.41, 5.74) is 0. The second-order valence-corrected chi connectivity index (χ2v) is 5.50. The highest BCUT2D eigenvalue weighted by Gasteiger charge is 2.23. The Bertz CT molecular complexity index is 304. The Hall–Kier alpha value is -0.410. The van der Waals surface area contributed by atoms with E-state index in [4.69, 9.17) is 0 Å². The predicted octanol–water partition coefficient (Wildman–Crippen LogP) is 3.47. The van der Waals surface area contributed by atoms with Crippen molar-refractivity contribution in [3.63, 3.8) is 0 Å². The van der Waals surface area contributed by atoms with Gasteiger partial charge in [-0.3, -0.25) is 0 Å². The molecule has 1 heterocycles. The zero-order valence-corrected chi connectivity index (χ0v) is 10.4. The topological polar surface area (TPSA) is 24.9 Å². The van der Waals surface area contributed by atoms with Crippen LogP contribution in [0, 0.1) is 0 Å². The molecule has 3 heteroatoms. The van der Waals surface area contributed by atoms with Gasteiger partial charge in [-0.25, -0.2) is 4.98 Å².